The van der Waals surface area contributed by atoms with Crippen LogP contribution in [0.5, 0.6) is 0 Å². The van der Waals surface area contributed by atoms with Crippen LogP contribution in [0.25, 0.3) is 0 Å². The number of aryl methyl sites for hydroxylation is 1. The smallest absolute Gasteiger partial charge is 0.321 e. The molecule has 2 aliphatic rings. The lowest BCUT2D eigenvalue weighted by Gasteiger charge is -2.54. The monoisotopic (exact) mass is 310 g/mol. The Balaban J connectivity index is 1.56. The molecule has 2 N–H and O–H groups in total. The molecule has 2 amide bonds. The van der Waals surface area contributed by atoms with Gasteiger partial charge in [-0.25, -0.2) is 4.79 Å². The van der Waals surface area contributed by atoms with Gasteiger partial charge in [-0.05, 0) is 12.8 Å². The van der Waals surface area contributed by atoms with Crippen LogP contribution >= 0.6 is 11.3 Å². The first-order valence-electron chi connectivity index (χ1n) is 7.54. The average molecular weight is 310 g/mol. The van der Waals surface area contributed by atoms with Crippen molar-refractivity contribution < 1.29 is 9.53 Å². The van der Waals surface area contributed by atoms with Crippen molar-refractivity contribution in [1.29, 1.82) is 0 Å². The molecule has 7 heteroatoms. The fourth-order valence-corrected chi connectivity index (χ4v) is 4.35. The SMILES string of the molecule is CCCc1nnc(NC(=O)N[C@@H]2[C@@H]3CCO[C@@H]3C2(C)C)s1. The Labute approximate surface area is 128 Å². The molecule has 1 aromatic heterocycles. The quantitative estimate of drug-likeness (QED) is 0.895. The summed E-state index contributed by atoms with van der Waals surface area (Å²) < 4.78 is 5.74. The van der Waals surface area contributed by atoms with Crippen molar-refractivity contribution in [2.75, 3.05) is 11.9 Å². The standard InChI is InChI=1S/C14H22N4O2S/c1-4-5-9-17-18-13(21-9)16-12(19)15-10-8-6-7-20-11(8)14(10,2)3/h8,10-11H,4-7H2,1-3H3,(H2,15,16,18,19)/t8-,10+,11-/m0/s1. The molecule has 2 fully saturated rings. The molecule has 116 valence electrons. The Bertz CT molecular complexity index is 531. The number of carbonyl (C=O) groups excluding carboxylic acids is 1. The molecular weight excluding hydrogens is 288 g/mol. The number of fused-ring (bicyclic) bond motifs is 1. The second kappa shape index (κ2) is 5.53. The van der Waals surface area contributed by atoms with Crippen LogP contribution in [0.3, 0.4) is 0 Å². The van der Waals surface area contributed by atoms with Gasteiger partial charge < -0.3 is 10.1 Å². The number of nitrogens with zero attached hydrogens (tertiary/aromatic N) is 2. The maximum Gasteiger partial charge on any atom is 0.321 e. The average Bonchev–Trinajstić information content (AvgIpc) is 3.05. The number of nitrogens with one attached hydrogen (secondary N) is 2. The molecule has 0 radical (unpaired) electrons. The van der Waals surface area contributed by atoms with E-state index in [0.717, 1.165) is 30.9 Å². The normalized spacial score (nSPS) is 29.6. The fraction of sp³-hybridized carbons (Fsp3) is 0.786. The van der Waals surface area contributed by atoms with Crippen LogP contribution < -0.4 is 10.6 Å². The first-order valence-corrected chi connectivity index (χ1v) is 8.35. The summed E-state index contributed by atoms with van der Waals surface area (Å²) in [6.07, 6.45) is 3.23. The lowest BCUT2D eigenvalue weighted by atomic mass is 9.57. The summed E-state index contributed by atoms with van der Waals surface area (Å²) in [4.78, 5) is 12.1. The van der Waals surface area contributed by atoms with Gasteiger partial charge in [0, 0.05) is 30.4 Å². The van der Waals surface area contributed by atoms with Gasteiger partial charge in [0.25, 0.3) is 0 Å². The summed E-state index contributed by atoms with van der Waals surface area (Å²) in [6.45, 7) is 7.19. The number of rotatable bonds is 4. The van der Waals surface area contributed by atoms with Crippen LogP contribution in [0, 0.1) is 11.3 Å². The highest BCUT2D eigenvalue weighted by atomic mass is 32.1. The number of carbonyl (C=O) groups is 1. The summed E-state index contributed by atoms with van der Waals surface area (Å²) >= 11 is 1.44. The van der Waals surface area contributed by atoms with Crippen molar-refractivity contribution in [1.82, 2.24) is 15.5 Å². The number of aromatic nitrogens is 2. The maximum atomic E-state index is 12.1. The van der Waals surface area contributed by atoms with Crippen LogP contribution in [0.15, 0.2) is 0 Å². The molecular formula is C14H22N4O2S. The highest BCUT2D eigenvalue weighted by molar-refractivity contribution is 7.15. The minimum absolute atomic E-state index is 0.00694. The number of hydrogen-bond acceptors (Lipinski definition) is 5. The van der Waals surface area contributed by atoms with E-state index in [1.165, 1.54) is 11.3 Å². The predicted octanol–water partition coefficient (Wildman–Crippen LogP) is 2.43. The number of hydrogen-bond donors (Lipinski definition) is 2. The highest BCUT2D eigenvalue weighted by Crippen LogP contribution is 2.52. The van der Waals surface area contributed by atoms with Gasteiger partial charge in [-0.2, -0.15) is 0 Å². The van der Waals surface area contributed by atoms with E-state index in [0.29, 0.717) is 11.0 Å². The van der Waals surface area contributed by atoms with Crippen LogP contribution in [0.1, 0.15) is 38.6 Å². The summed E-state index contributed by atoms with van der Waals surface area (Å²) in [7, 11) is 0. The number of urea groups is 1. The molecule has 1 aliphatic heterocycles. The minimum Gasteiger partial charge on any atom is -0.377 e. The minimum atomic E-state index is -0.197. The number of anilines is 1. The first-order chi connectivity index (χ1) is 10.0. The molecule has 0 bridgehead atoms. The van der Waals surface area contributed by atoms with Gasteiger partial charge in [-0.1, -0.05) is 32.1 Å². The molecule has 0 spiro atoms. The van der Waals surface area contributed by atoms with Gasteiger partial charge in [0.15, 0.2) is 0 Å². The van der Waals surface area contributed by atoms with E-state index in [4.69, 9.17) is 4.74 Å². The molecule has 3 rings (SSSR count). The van der Waals surface area contributed by atoms with Crippen molar-refractivity contribution in [2.24, 2.45) is 11.3 Å². The molecule has 0 unspecified atom stereocenters. The first kappa shape index (κ1) is 14.7. The van der Waals surface area contributed by atoms with E-state index in [2.05, 4.69) is 41.6 Å². The molecule has 6 nitrogen and oxygen atoms in total. The Morgan fingerprint density at radius 2 is 2.29 bits per heavy atom. The molecule has 1 saturated heterocycles. The zero-order chi connectivity index (χ0) is 15.0. The number of amides is 2. The second-order valence-electron chi connectivity index (χ2n) is 6.39. The topological polar surface area (TPSA) is 76.1 Å². The summed E-state index contributed by atoms with van der Waals surface area (Å²) in [5, 5.41) is 15.5. The van der Waals surface area contributed by atoms with Crippen LogP contribution in [0.4, 0.5) is 9.93 Å². The Morgan fingerprint density at radius 1 is 1.48 bits per heavy atom. The highest BCUT2D eigenvalue weighted by Gasteiger charge is 2.59. The fourth-order valence-electron chi connectivity index (χ4n) is 3.51. The van der Waals surface area contributed by atoms with Gasteiger partial charge in [-0.3, -0.25) is 5.32 Å². The van der Waals surface area contributed by atoms with Crippen LogP contribution in [-0.4, -0.2) is 35.0 Å². The largest absolute Gasteiger partial charge is 0.377 e. The van der Waals surface area contributed by atoms with Gasteiger partial charge >= 0.3 is 6.03 Å². The van der Waals surface area contributed by atoms with E-state index < -0.39 is 0 Å². The van der Waals surface area contributed by atoms with E-state index in [1.54, 1.807) is 0 Å². The number of ether oxygens (including phenoxy) is 1. The van der Waals surface area contributed by atoms with E-state index >= 15 is 0 Å². The molecule has 0 aromatic carbocycles. The predicted molar refractivity (Wildman–Crippen MR) is 81.5 cm³/mol. The summed E-state index contributed by atoms with van der Waals surface area (Å²) in [5.41, 5.74) is -0.00694. The van der Waals surface area contributed by atoms with Crippen molar-refractivity contribution >= 4 is 22.5 Å². The summed E-state index contributed by atoms with van der Waals surface area (Å²) in [5.74, 6) is 0.441. The Morgan fingerprint density at radius 3 is 3.05 bits per heavy atom. The molecule has 21 heavy (non-hydrogen) atoms. The van der Waals surface area contributed by atoms with Gasteiger partial charge in [0.2, 0.25) is 5.13 Å². The van der Waals surface area contributed by atoms with Crippen molar-refractivity contribution in [3.05, 3.63) is 5.01 Å². The van der Waals surface area contributed by atoms with E-state index in [-0.39, 0.29) is 23.6 Å². The van der Waals surface area contributed by atoms with Gasteiger partial charge in [0.1, 0.15) is 5.01 Å². The zero-order valence-electron chi connectivity index (χ0n) is 12.7. The summed E-state index contributed by atoms with van der Waals surface area (Å²) in [6, 6.07) is -0.0364. The van der Waals surface area contributed by atoms with Crippen LogP contribution in [-0.2, 0) is 11.2 Å². The maximum absolute atomic E-state index is 12.1. The van der Waals surface area contributed by atoms with E-state index in [1.807, 2.05) is 0 Å². The van der Waals surface area contributed by atoms with Crippen LogP contribution in [0.2, 0.25) is 0 Å². The Hall–Kier alpha value is -1.21. The molecule has 2 heterocycles. The third kappa shape index (κ3) is 2.64. The zero-order valence-corrected chi connectivity index (χ0v) is 13.5. The van der Waals surface area contributed by atoms with Crippen molar-refractivity contribution in [3.8, 4) is 0 Å². The molecule has 1 aromatic rings. The van der Waals surface area contributed by atoms with Crippen molar-refractivity contribution in [3.63, 3.8) is 0 Å². The Kier molecular flexibility index (Phi) is 3.88. The molecule has 1 saturated carbocycles. The third-order valence-corrected chi connectivity index (χ3v) is 5.44. The lowest BCUT2D eigenvalue weighted by molar-refractivity contribution is -0.107. The second-order valence-corrected chi connectivity index (χ2v) is 7.45. The van der Waals surface area contributed by atoms with Gasteiger partial charge in [0.05, 0.1) is 6.10 Å². The third-order valence-electron chi connectivity index (χ3n) is 4.54. The van der Waals surface area contributed by atoms with Crippen molar-refractivity contribution in [2.45, 2.75) is 52.2 Å². The molecule has 1 aliphatic carbocycles. The van der Waals surface area contributed by atoms with E-state index in [9.17, 15) is 4.79 Å². The molecule has 3 atom stereocenters. The lowest BCUT2D eigenvalue weighted by Crippen LogP contribution is -2.67. The van der Waals surface area contributed by atoms with Gasteiger partial charge in [-0.15, -0.1) is 10.2 Å².